The third-order valence-corrected chi connectivity index (χ3v) is 7.41. The summed E-state index contributed by atoms with van der Waals surface area (Å²) in [6, 6.07) is 12.7. The van der Waals surface area contributed by atoms with Crippen molar-refractivity contribution in [2.45, 2.75) is 48.6 Å². The van der Waals surface area contributed by atoms with Crippen molar-refractivity contribution in [3.63, 3.8) is 0 Å². The van der Waals surface area contributed by atoms with Gasteiger partial charge in [0.25, 0.3) is 0 Å². The Labute approximate surface area is 169 Å². The molecule has 3 atom stereocenters. The van der Waals surface area contributed by atoms with Crippen molar-refractivity contribution in [2.75, 3.05) is 11.4 Å². The summed E-state index contributed by atoms with van der Waals surface area (Å²) in [6.45, 7) is 0.444. The Bertz CT molecular complexity index is 1010. The van der Waals surface area contributed by atoms with Crippen LogP contribution in [0.4, 0.5) is 10.1 Å². The van der Waals surface area contributed by atoms with E-state index in [0.717, 1.165) is 29.8 Å². The molecule has 2 aliphatic rings. The van der Waals surface area contributed by atoms with Gasteiger partial charge in [0, 0.05) is 30.2 Å². The number of para-hydroxylation sites is 1. The Kier molecular flexibility index (Phi) is 5.31. The van der Waals surface area contributed by atoms with Crippen LogP contribution in [0.3, 0.4) is 0 Å². The predicted octanol–water partition coefficient (Wildman–Crippen LogP) is 3.10. The van der Waals surface area contributed by atoms with Crippen LogP contribution in [0.2, 0.25) is 0 Å². The maximum Gasteiger partial charge on any atom is 0.305 e. The normalized spacial score (nSPS) is 23.5. The van der Waals surface area contributed by atoms with Crippen LogP contribution in [-0.4, -0.2) is 38.1 Å². The first kappa shape index (κ1) is 19.8. The summed E-state index contributed by atoms with van der Waals surface area (Å²) in [5.74, 6) is -1.16. The maximum absolute atomic E-state index is 13.1. The number of fused-ring (bicyclic) bond motifs is 3. The van der Waals surface area contributed by atoms with E-state index in [4.69, 9.17) is 5.11 Å². The standard InChI is InChI=1S/C21H23FN2O4S/c22-14-5-8-16(9-6-14)29(27,28)23-15-7-10-20-18(13-15)17-3-1-2-4-19(17)24(20)12-11-21(25)26/h1-6,8-9,15,18,20,23H,7,10-13H2,(H,25,26)/t15-,18?,20?/m1/s1. The fraction of sp³-hybridized carbons (Fsp3) is 0.381. The summed E-state index contributed by atoms with van der Waals surface area (Å²) >= 11 is 0. The number of nitrogens with one attached hydrogen (secondary N) is 1. The van der Waals surface area contributed by atoms with E-state index in [9.17, 15) is 17.6 Å². The number of hydrogen-bond acceptors (Lipinski definition) is 4. The molecule has 0 bridgehead atoms. The average Bonchev–Trinajstić information content (AvgIpc) is 2.99. The predicted molar refractivity (Wildman–Crippen MR) is 107 cm³/mol. The van der Waals surface area contributed by atoms with Crippen LogP contribution in [0.15, 0.2) is 53.4 Å². The zero-order valence-electron chi connectivity index (χ0n) is 15.8. The second kappa shape index (κ2) is 7.76. The number of anilines is 1. The van der Waals surface area contributed by atoms with Gasteiger partial charge in [-0.2, -0.15) is 0 Å². The molecular weight excluding hydrogens is 395 g/mol. The van der Waals surface area contributed by atoms with E-state index in [1.165, 1.54) is 12.1 Å². The maximum atomic E-state index is 13.1. The first-order chi connectivity index (χ1) is 13.8. The van der Waals surface area contributed by atoms with Crippen LogP contribution >= 0.6 is 0 Å². The molecule has 2 unspecified atom stereocenters. The van der Waals surface area contributed by atoms with Gasteiger partial charge >= 0.3 is 5.97 Å². The first-order valence-corrected chi connectivity index (χ1v) is 11.2. The molecule has 6 nitrogen and oxygen atoms in total. The fourth-order valence-corrected chi connectivity index (χ4v) is 5.90. The summed E-state index contributed by atoms with van der Waals surface area (Å²) in [6.07, 6.45) is 2.15. The van der Waals surface area contributed by atoms with Gasteiger partial charge in [0.15, 0.2) is 0 Å². The van der Waals surface area contributed by atoms with Crippen molar-refractivity contribution >= 4 is 21.7 Å². The van der Waals surface area contributed by atoms with Crippen molar-refractivity contribution in [3.8, 4) is 0 Å². The third kappa shape index (κ3) is 4.00. The molecule has 0 radical (unpaired) electrons. The van der Waals surface area contributed by atoms with Gasteiger partial charge in [-0.1, -0.05) is 18.2 Å². The molecule has 1 aliphatic heterocycles. The summed E-state index contributed by atoms with van der Waals surface area (Å²) in [5, 5.41) is 9.09. The summed E-state index contributed by atoms with van der Waals surface area (Å²) in [5.41, 5.74) is 2.19. The highest BCUT2D eigenvalue weighted by Crippen LogP contribution is 2.47. The monoisotopic (exact) mass is 418 g/mol. The molecule has 0 amide bonds. The van der Waals surface area contributed by atoms with Crippen LogP contribution in [0.1, 0.15) is 37.2 Å². The van der Waals surface area contributed by atoms with E-state index < -0.39 is 21.8 Å². The van der Waals surface area contributed by atoms with Crippen LogP contribution in [0, 0.1) is 5.82 Å². The zero-order chi connectivity index (χ0) is 20.6. The molecule has 1 saturated carbocycles. The second-order valence-electron chi connectivity index (χ2n) is 7.65. The van der Waals surface area contributed by atoms with Crippen LogP contribution < -0.4 is 9.62 Å². The molecule has 2 N–H and O–H groups in total. The summed E-state index contributed by atoms with van der Waals surface area (Å²) < 4.78 is 41.3. The third-order valence-electron chi connectivity index (χ3n) is 5.87. The lowest BCUT2D eigenvalue weighted by Crippen LogP contribution is -2.45. The SMILES string of the molecule is O=C(O)CCN1c2ccccc2C2C[C@H](NS(=O)(=O)c3ccc(F)cc3)CCC21. The van der Waals surface area contributed by atoms with E-state index in [0.29, 0.717) is 19.4 Å². The number of halogens is 1. The summed E-state index contributed by atoms with van der Waals surface area (Å²) in [7, 11) is -3.73. The molecule has 4 rings (SSSR count). The Hall–Kier alpha value is -2.45. The molecule has 0 saturated heterocycles. The van der Waals surface area contributed by atoms with Crippen molar-refractivity contribution < 1.29 is 22.7 Å². The number of benzene rings is 2. The number of carboxylic acid groups (broad SMARTS) is 1. The number of carbonyl (C=O) groups is 1. The molecule has 0 aromatic heterocycles. The molecule has 2 aromatic rings. The van der Waals surface area contributed by atoms with Gasteiger partial charge in [0.2, 0.25) is 10.0 Å². The second-order valence-corrected chi connectivity index (χ2v) is 9.37. The minimum absolute atomic E-state index is 0.0518. The van der Waals surface area contributed by atoms with Gasteiger partial charge in [0.05, 0.1) is 11.3 Å². The van der Waals surface area contributed by atoms with E-state index in [1.54, 1.807) is 0 Å². The molecule has 1 aliphatic carbocycles. The van der Waals surface area contributed by atoms with E-state index in [1.807, 2.05) is 24.3 Å². The number of nitrogens with zero attached hydrogens (tertiary/aromatic N) is 1. The van der Waals surface area contributed by atoms with Gasteiger partial charge in [0.1, 0.15) is 5.82 Å². The van der Waals surface area contributed by atoms with Gasteiger partial charge < -0.3 is 10.0 Å². The van der Waals surface area contributed by atoms with Gasteiger partial charge in [-0.3, -0.25) is 4.79 Å². The quantitative estimate of drug-likeness (QED) is 0.753. The highest BCUT2D eigenvalue weighted by molar-refractivity contribution is 7.89. The molecule has 2 aromatic carbocycles. The molecule has 1 heterocycles. The Morgan fingerprint density at radius 1 is 1.14 bits per heavy atom. The first-order valence-electron chi connectivity index (χ1n) is 9.70. The number of aliphatic carboxylic acids is 1. The lowest BCUT2D eigenvalue weighted by Gasteiger charge is -2.37. The molecular formula is C21H23FN2O4S. The lowest BCUT2D eigenvalue weighted by molar-refractivity contribution is -0.136. The Balaban J connectivity index is 1.52. The molecule has 29 heavy (non-hydrogen) atoms. The van der Waals surface area contributed by atoms with Crippen molar-refractivity contribution in [3.05, 3.63) is 59.9 Å². The highest BCUT2D eigenvalue weighted by atomic mass is 32.2. The van der Waals surface area contributed by atoms with Crippen LogP contribution in [0.25, 0.3) is 0 Å². The zero-order valence-corrected chi connectivity index (χ0v) is 16.6. The lowest BCUT2D eigenvalue weighted by atomic mass is 9.80. The van der Waals surface area contributed by atoms with E-state index >= 15 is 0 Å². The Morgan fingerprint density at radius 2 is 1.86 bits per heavy atom. The molecule has 154 valence electrons. The minimum atomic E-state index is -3.73. The Morgan fingerprint density at radius 3 is 2.59 bits per heavy atom. The van der Waals surface area contributed by atoms with Crippen LogP contribution in [0.5, 0.6) is 0 Å². The molecule has 1 fully saturated rings. The fourth-order valence-electron chi connectivity index (χ4n) is 4.61. The average molecular weight is 418 g/mol. The number of rotatable bonds is 6. The number of carboxylic acids is 1. The van der Waals surface area contributed by atoms with Crippen LogP contribution in [-0.2, 0) is 14.8 Å². The van der Waals surface area contributed by atoms with E-state index in [2.05, 4.69) is 9.62 Å². The van der Waals surface area contributed by atoms with Crippen molar-refractivity contribution in [2.24, 2.45) is 0 Å². The smallest absolute Gasteiger partial charge is 0.305 e. The van der Waals surface area contributed by atoms with Crippen molar-refractivity contribution in [1.29, 1.82) is 0 Å². The molecule has 8 heteroatoms. The highest BCUT2D eigenvalue weighted by Gasteiger charge is 2.42. The topological polar surface area (TPSA) is 86.7 Å². The number of sulfonamides is 1. The minimum Gasteiger partial charge on any atom is -0.481 e. The largest absolute Gasteiger partial charge is 0.481 e. The molecule has 0 spiro atoms. The summed E-state index contributed by atoms with van der Waals surface area (Å²) in [4.78, 5) is 13.3. The van der Waals surface area contributed by atoms with E-state index in [-0.39, 0.29) is 29.3 Å². The van der Waals surface area contributed by atoms with Gasteiger partial charge in [-0.05, 0) is 55.2 Å². The number of hydrogen-bond donors (Lipinski definition) is 2. The van der Waals surface area contributed by atoms with Gasteiger partial charge in [-0.15, -0.1) is 0 Å². The van der Waals surface area contributed by atoms with Crippen molar-refractivity contribution in [1.82, 2.24) is 4.72 Å². The van der Waals surface area contributed by atoms with Gasteiger partial charge in [-0.25, -0.2) is 17.5 Å².